The van der Waals surface area contributed by atoms with Gasteiger partial charge in [0.25, 0.3) is 0 Å². The molecule has 0 saturated heterocycles. The van der Waals surface area contributed by atoms with Crippen LogP contribution < -0.4 is 5.32 Å². The average Bonchev–Trinajstić information content (AvgIpc) is 2.68. The summed E-state index contributed by atoms with van der Waals surface area (Å²) in [7, 11) is 1.97. The molecule has 0 bridgehead atoms. The number of benzene rings is 1. The van der Waals surface area contributed by atoms with Gasteiger partial charge in [-0.2, -0.15) is 5.10 Å². The standard InChI is InChI=1S/C15H20BrN3/c1-5-14-12(9-19(4)18-14)8-17-15-10(2)6-13(16)7-11(15)3/h6-7,9,17H,5,8H2,1-4H3. The summed E-state index contributed by atoms with van der Waals surface area (Å²) in [5.74, 6) is 0. The third kappa shape index (κ3) is 3.18. The van der Waals surface area contributed by atoms with E-state index in [0.717, 1.165) is 17.4 Å². The molecule has 3 nitrogen and oxygen atoms in total. The highest BCUT2D eigenvalue weighted by Gasteiger charge is 2.08. The van der Waals surface area contributed by atoms with E-state index in [0.29, 0.717) is 0 Å². The highest BCUT2D eigenvalue weighted by Crippen LogP contribution is 2.25. The summed E-state index contributed by atoms with van der Waals surface area (Å²) >= 11 is 3.53. The quantitative estimate of drug-likeness (QED) is 0.923. The Kier molecular flexibility index (Phi) is 4.30. The second-order valence-corrected chi connectivity index (χ2v) is 5.81. The summed E-state index contributed by atoms with van der Waals surface area (Å²) in [4.78, 5) is 0. The maximum Gasteiger partial charge on any atom is 0.0671 e. The van der Waals surface area contributed by atoms with Crippen LogP contribution in [0.1, 0.15) is 29.3 Å². The Hall–Kier alpha value is -1.29. The van der Waals surface area contributed by atoms with Gasteiger partial charge in [0.15, 0.2) is 0 Å². The third-order valence-corrected chi connectivity index (χ3v) is 3.74. The van der Waals surface area contributed by atoms with Crippen molar-refractivity contribution in [2.75, 3.05) is 5.32 Å². The fraction of sp³-hybridized carbons (Fsp3) is 0.400. The van der Waals surface area contributed by atoms with Crippen molar-refractivity contribution in [3.63, 3.8) is 0 Å². The molecule has 1 aromatic heterocycles. The molecular weight excluding hydrogens is 302 g/mol. The summed E-state index contributed by atoms with van der Waals surface area (Å²) in [6.45, 7) is 7.22. The summed E-state index contributed by atoms with van der Waals surface area (Å²) in [5, 5.41) is 8.01. The zero-order valence-corrected chi connectivity index (χ0v) is 13.5. The molecular formula is C15H20BrN3. The van der Waals surface area contributed by atoms with E-state index in [1.807, 2.05) is 11.7 Å². The topological polar surface area (TPSA) is 29.9 Å². The second kappa shape index (κ2) is 5.78. The smallest absolute Gasteiger partial charge is 0.0671 e. The normalized spacial score (nSPS) is 10.8. The molecule has 1 aromatic carbocycles. The van der Waals surface area contributed by atoms with Crippen molar-refractivity contribution in [3.8, 4) is 0 Å². The number of halogens is 1. The van der Waals surface area contributed by atoms with E-state index in [1.54, 1.807) is 0 Å². The van der Waals surface area contributed by atoms with Gasteiger partial charge >= 0.3 is 0 Å². The number of aromatic nitrogens is 2. The summed E-state index contributed by atoms with van der Waals surface area (Å²) in [5.41, 5.74) is 6.17. The Balaban J connectivity index is 2.19. The predicted molar refractivity (Wildman–Crippen MR) is 83.5 cm³/mol. The van der Waals surface area contributed by atoms with E-state index in [2.05, 4.69) is 65.4 Å². The van der Waals surface area contributed by atoms with Gasteiger partial charge in [-0.15, -0.1) is 0 Å². The molecule has 4 heteroatoms. The van der Waals surface area contributed by atoms with Gasteiger partial charge in [0.1, 0.15) is 0 Å². The minimum Gasteiger partial charge on any atom is -0.380 e. The fourth-order valence-corrected chi connectivity index (χ4v) is 3.09. The van der Waals surface area contributed by atoms with Crippen molar-refractivity contribution >= 4 is 21.6 Å². The predicted octanol–water partition coefficient (Wildman–Crippen LogP) is 3.97. The summed E-state index contributed by atoms with van der Waals surface area (Å²) < 4.78 is 3.01. The second-order valence-electron chi connectivity index (χ2n) is 4.90. The lowest BCUT2D eigenvalue weighted by atomic mass is 10.1. The lowest BCUT2D eigenvalue weighted by Gasteiger charge is -2.13. The minimum absolute atomic E-state index is 0.820. The van der Waals surface area contributed by atoms with Gasteiger partial charge in [0, 0.05) is 35.5 Å². The number of nitrogens with one attached hydrogen (secondary N) is 1. The van der Waals surface area contributed by atoms with Gasteiger partial charge in [-0.25, -0.2) is 0 Å². The first-order valence-electron chi connectivity index (χ1n) is 6.53. The fourth-order valence-electron chi connectivity index (χ4n) is 2.40. The number of hydrogen-bond acceptors (Lipinski definition) is 2. The minimum atomic E-state index is 0.820. The SMILES string of the molecule is CCc1nn(C)cc1CNc1c(C)cc(Br)cc1C. The van der Waals surface area contributed by atoms with Crippen LogP contribution in [0, 0.1) is 13.8 Å². The molecule has 0 saturated carbocycles. The van der Waals surface area contributed by atoms with Crippen LogP contribution in [0.3, 0.4) is 0 Å². The first-order chi connectivity index (χ1) is 9.01. The molecule has 2 aromatic rings. The molecule has 0 spiro atoms. The molecule has 0 aliphatic heterocycles. The monoisotopic (exact) mass is 321 g/mol. The number of anilines is 1. The summed E-state index contributed by atoms with van der Waals surface area (Å²) in [6.07, 6.45) is 3.06. The maximum absolute atomic E-state index is 4.47. The first-order valence-corrected chi connectivity index (χ1v) is 7.32. The van der Waals surface area contributed by atoms with Crippen molar-refractivity contribution < 1.29 is 0 Å². The van der Waals surface area contributed by atoms with Crippen LogP contribution in [0.4, 0.5) is 5.69 Å². The third-order valence-electron chi connectivity index (χ3n) is 3.28. The molecule has 0 radical (unpaired) electrons. The van der Waals surface area contributed by atoms with Gasteiger partial charge < -0.3 is 5.32 Å². The van der Waals surface area contributed by atoms with E-state index < -0.39 is 0 Å². The summed E-state index contributed by atoms with van der Waals surface area (Å²) in [6, 6.07) is 4.28. The average molecular weight is 322 g/mol. The van der Waals surface area contributed by atoms with Crippen molar-refractivity contribution in [3.05, 3.63) is 45.2 Å². The van der Waals surface area contributed by atoms with Crippen molar-refractivity contribution in [2.45, 2.75) is 33.7 Å². The highest BCUT2D eigenvalue weighted by molar-refractivity contribution is 9.10. The van der Waals surface area contributed by atoms with E-state index in [4.69, 9.17) is 0 Å². The van der Waals surface area contributed by atoms with E-state index in [9.17, 15) is 0 Å². The van der Waals surface area contributed by atoms with Gasteiger partial charge in [-0.05, 0) is 43.5 Å². The zero-order valence-electron chi connectivity index (χ0n) is 11.9. The van der Waals surface area contributed by atoms with Gasteiger partial charge in [0.2, 0.25) is 0 Å². The number of aryl methyl sites for hydroxylation is 4. The van der Waals surface area contributed by atoms with Crippen LogP contribution in [-0.2, 0) is 20.0 Å². The molecule has 1 N–H and O–H groups in total. The van der Waals surface area contributed by atoms with Crippen LogP contribution in [0.2, 0.25) is 0 Å². The molecule has 102 valence electrons. The number of rotatable bonds is 4. The molecule has 0 atom stereocenters. The van der Waals surface area contributed by atoms with E-state index in [1.165, 1.54) is 28.1 Å². The van der Waals surface area contributed by atoms with E-state index >= 15 is 0 Å². The molecule has 0 aliphatic rings. The first kappa shape index (κ1) is 14.1. The highest BCUT2D eigenvalue weighted by atomic mass is 79.9. The van der Waals surface area contributed by atoms with Crippen LogP contribution in [-0.4, -0.2) is 9.78 Å². The van der Waals surface area contributed by atoms with Crippen LogP contribution in [0.25, 0.3) is 0 Å². The van der Waals surface area contributed by atoms with Gasteiger partial charge in [0.05, 0.1) is 5.69 Å². The molecule has 1 heterocycles. The number of hydrogen-bond donors (Lipinski definition) is 1. The molecule has 0 aliphatic carbocycles. The molecule has 19 heavy (non-hydrogen) atoms. The Bertz CT molecular complexity index is 564. The van der Waals surface area contributed by atoms with E-state index in [-0.39, 0.29) is 0 Å². The Morgan fingerprint density at radius 2 is 1.89 bits per heavy atom. The molecule has 0 fully saturated rings. The van der Waals surface area contributed by atoms with Crippen LogP contribution in [0.15, 0.2) is 22.8 Å². The maximum atomic E-state index is 4.47. The Labute approximate surface area is 123 Å². The largest absolute Gasteiger partial charge is 0.380 e. The van der Waals surface area contributed by atoms with Gasteiger partial charge in [-0.3, -0.25) is 4.68 Å². The van der Waals surface area contributed by atoms with Gasteiger partial charge in [-0.1, -0.05) is 22.9 Å². The Morgan fingerprint density at radius 1 is 1.26 bits per heavy atom. The van der Waals surface area contributed by atoms with Crippen LogP contribution in [0.5, 0.6) is 0 Å². The zero-order chi connectivity index (χ0) is 14.0. The van der Waals surface area contributed by atoms with Crippen LogP contribution >= 0.6 is 15.9 Å². The lowest BCUT2D eigenvalue weighted by molar-refractivity contribution is 0.746. The molecule has 0 amide bonds. The van der Waals surface area contributed by atoms with Crippen molar-refractivity contribution in [1.82, 2.24) is 9.78 Å². The van der Waals surface area contributed by atoms with Crippen molar-refractivity contribution in [2.24, 2.45) is 7.05 Å². The number of nitrogens with zero attached hydrogens (tertiary/aromatic N) is 2. The van der Waals surface area contributed by atoms with Crippen molar-refractivity contribution in [1.29, 1.82) is 0 Å². The lowest BCUT2D eigenvalue weighted by Crippen LogP contribution is -2.04. The molecule has 0 unspecified atom stereocenters. The molecule has 2 rings (SSSR count). The Morgan fingerprint density at radius 3 is 2.47 bits per heavy atom.